The molecular weight excluding hydrogens is 356 g/mol. The molecular formula is C17H18N4O2S2. The molecule has 0 radical (unpaired) electrons. The van der Waals surface area contributed by atoms with Crippen LogP contribution in [0.5, 0.6) is 0 Å². The lowest BCUT2D eigenvalue weighted by Gasteiger charge is -2.17. The van der Waals surface area contributed by atoms with E-state index < -0.39 is 0 Å². The summed E-state index contributed by atoms with van der Waals surface area (Å²) in [5.74, 6) is -0.0695. The number of hydrogen-bond donors (Lipinski definition) is 1. The molecule has 0 unspecified atom stereocenters. The first-order valence-electron chi connectivity index (χ1n) is 8.19. The van der Waals surface area contributed by atoms with Crippen molar-refractivity contribution < 1.29 is 9.53 Å². The summed E-state index contributed by atoms with van der Waals surface area (Å²) >= 11 is 3.03. The molecule has 0 bridgehead atoms. The van der Waals surface area contributed by atoms with Gasteiger partial charge < -0.3 is 14.6 Å². The predicted molar refractivity (Wildman–Crippen MR) is 98.0 cm³/mol. The number of carbonyl (C=O) groups is 1. The first kappa shape index (κ1) is 16.4. The molecule has 4 rings (SSSR count). The van der Waals surface area contributed by atoms with Crippen LogP contribution < -0.4 is 5.32 Å². The quantitative estimate of drug-likeness (QED) is 0.711. The Morgan fingerprint density at radius 2 is 2.28 bits per heavy atom. The minimum absolute atomic E-state index is 0.0215. The molecule has 2 atom stereocenters. The highest BCUT2D eigenvalue weighted by molar-refractivity contribution is 7.15. The zero-order valence-corrected chi connectivity index (χ0v) is 15.1. The van der Waals surface area contributed by atoms with E-state index >= 15 is 0 Å². The molecule has 6 nitrogen and oxygen atoms in total. The lowest BCUT2D eigenvalue weighted by Crippen LogP contribution is -2.19. The summed E-state index contributed by atoms with van der Waals surface area (Å²) in [7, 11) is 0. The van der Waals surface area contributed by atoms with Gasteiger partial charge in [-0.3, -0.25) is 4.79 Å². The fourth-order valence-corrected chi connectivity index (χ4v) is 4.50. The largest absolute Gasteiger partial charge is 0.371 e. The van der Waals surface area contributed by atoms with Crippen LogP contribution in [-0.2, 0) is 9.53 Å². The maximum Gasteiger partial charge on any atom is 0.228 e. The SMILES string of the molecule is O=C(C[C@@H](c1ccsc1)n1cccc1)Nc1nnc([C@H]2CCCO2)s1. The van der Waals surface area contributed by atoms with Crippen molar-refractivity contribution in [1.82, 2.24) is 14.8 Å². The summed E-state index contributed by atoms with van der Waals surface area (Å²) in [5, 5.41) is 16.6. The molecule has 1 amide bonds. The maximum absolute atomic E-state index is 12.5. The van der Waals surface area contributed by atoms with Crippen LogP contribution in [0.1, 0.15) is 42.0 Å². The Bertz CT molecular complexity index is 773. The van der Waals surface area contributed by atoms with Gasteiger partial charge in [-0.25, -0.2) is 0 Å². The van der Waals surface area contributed by atoms with Gasteiger partial charge in [-0.1, -0.05) is 11.3 Å². The van der Waals surface area contributed by atoms with Gasteiger partial charge in [-0.15, -0.1) is 10.2 Å². The van der Waals surface area contributed by atoms with E-state index in [9.17, 15) is 4.79 Å². The number of carbonyl (C=O) groups excluding carboxylic acids is 1. The van der Waals surface area contributed by atoms with Gasteiger partial charge in [0.1, 0.15) is 11.1 Å². The van der Waals surface area contributed by atoms with Crippen LogP contribution in [0.15, 0.2) is 41.4 Å². The van der Waals surface area contributed by atoms with Crippen LogP contribution in [0.2, 0.25) is 0 Å². The fraction of sp³-hybridized carbons (Fsp3) is 0.353. The number of rotatable bonds is 6. The van der Waals surface area contributed by atoms with Crippen molar-refractivity contribution in [3.63, 3.8) is 0 Å². The highest BCUT2D eigenvalue weighted by atomic mass is 32.1. The average molecular weight is 374 g/mol. The molecule has 0 aromatic carbocycles. The molecule has 1 saturated heterocycles. The van der Waals surface area contributed by atoms with Crippen molar-refractivity contribution in [2.75, 3.05) is 11.9 Å². The second kappa shape index (κ2) is 7.47. The standard InChI is InChI=1S/C17H18N4O2S2/c22-15(18-17-20-19-16(25-17)14-4-3-8-23-14)10-13(12-5-9-24-11-12)21-6-1-2-7-21/h1-2,5-7,9,11,13-14H,3-4,8,10H2,(H,18,20,22)/t13-,14+/m0/s1. The topological polar surface area (TPSA) is 69.0 Å². The lowest BCUT2D eigenvalue weighted by molar-refractivity contribution is -0.116. The van der Waals surface area contributed by atoms with Crippen molar-refractivity contribution in [3.05, 3.63) is 51.9 Å². The van der Waals surface area contributed by atoms with Crippen LogP contribution in [-0.4, -0.2) is 27.3 Å². The van der Waals surface area contributed by atoms with E-state index in [-0.39, 0.29) is 18.1 Å². The predicted octanol–water partition coefficient (Wildman–Crippen LogP) is 3.87. The van der Waals surface area contributed by atoms with Crippen molar-refractivity contribution in [2.24, 2.45) is 0 Å². The summed E-state index contributed by atoms with van der Waals surface area (Å²) < 4.78 is 7.67. The van der Waals surface area contributed by atoms with E-state index in [1.54, 1.807) is 11.3 Å². The first-order chi connectivity index (χ1) is 12.3. The Morgan fingerprint density at radius 1 is 1.40 bits per heavy atom. The van der Waals surface area contributed by atoms with Crippen LogP contribution >= 0.6 is 22.7 Å². The van der Waals surface area contributed by atoms with Crippen molar-refractivity contribution in [2.45, 2.75) is 31.4 Å². The molecule has 0 spiro atoms. The molecule has 3 aromatic rings. The highest BCUT2D eigenvalue weighted by Gasteiger charge is 2.23. The monoisotopic (exact) mass is 374 g/mol. The third-order valence-corrected chi connectivity index (χ3v) is 5.82. The Hall–Kier alpha value is -2.03. The molecule has 1 N–H and O–H groups in total. The number of nitrogens with zero attached hydrogens (tertiary/aromatic N) is 3. The first-order valence-corrected chi connectivity index (χ1v) is 9.95. The number of ether oxygens (including phenoxy) is 1. The van der Waals surface area contributed by atoms with Crippen molar-refractivity contribution in [1.29, 1.82) is 0 Å². The van der Waals surface area contributed by atoms with Crippen LogP contribution in [0.25, 0.3) is 0 Å². The number of amides is 1. The van der Waals surface area contributed by atoms with Crippen LogP contribution in [0.3, 0.4) is 0 Å². The minimum Gasteiger partial charge on any atom is -0.371 e. The zero-order chi connectivity index (χ0) is 17.1. The number of nitrogens with one attached hydrogen (secondary N) is 1. The van der Waals surface area contributed by atoms with E-state index in [0.29, 0.717) is 11.6 Å². The average Bonchev–Trinajstić information content (AvgIpc) is 3.42. The number of hydrogen-bond acceptors (Lipinski definition) is 6. The van der Waals surface area contributed by atoms with Gasteiger partial charge in [0.2, 0.25) is 11.0 Å². The van der Waals surface area contributed by atoms with Gasteiger partial charge in [-0.2, -0.15) is 11.3 Å². The Morgan fingerprint density at radius 3 is 3.00 bits per heavy atom. The molecule has 0 saturated carbocycles. The smallest absolute Gasteiger partial charge is 0.228 e. The van der Waals surface area contributed by atoms with Gasteiger partial charge in [0.15, 0.2) is 0 Å². The van der Waals surface area contributed by atoms with Gasteiger partial charge in [0.05, 0.1) is 12.5 Å². The Labute approximate surface area is 153 Å². The van der Waals surface area contributed by atoms with E-state index in [1.807, 2.05) is 29.9 Å². The molecule has 1 aliphatic rings. The minimum atomic E-state index is -0.0695. The molecule has 1 fully saturated rings. The molecule has 4 heterocycles. The number of thiophene rings is 1. The molecule has 130 valence electrons. The Kier molecular flexibility index (Phi) is 4.91. The van der Waals surface area contributed by atoms with Gasteiger partial charge in [0.25, 0.3) is 0 Å². The summed E-state index contributed by atoms with van der Waals surface area (Å²) in [6, 6.07) is 5.97. The molecule has 0 aliphatic carbocycles. The summed E-state index contributed by atoms with van der Waals surface area (Å²) in [6.07, 6.45) is 6.36. The zero-order valence-electron chi connectivity index (χ0n) is 13.5. The fourth-order valence-electron chi connectivity index (χ4n) is 2.95. The summed E-state index contributed by atoms with van der Waals surface area (Å²) in [5.41, 5.74) is 1.13. The highest BCUT2D eigenvalue weighted by Crippen LogP contribution is 2.32. The third kappa shape index (κ3) is 3.81. The van der Waals surface area contributed by atoms with E-state index in [4.69, 9.17) is 4.74 Å². The van der Waals surface area contributed by atoms with E-state index in [1.165, 1.54) is 11.3 Å². The van der Waals surface area contributed by atoms with Gasteiger partial charge in [-0.05, 0) is 47.4 Å². The second-order valence-electron chi connectivity index (χ2n) is 5.90. The van der Waals surface area contributed by atoms with E-state index in [0.717, 1.165) is 30.0 Å². The Balaban J connectivity index is 1.43. The normalized spacial score (nSPS) is 18.3. The lowest BCUT2D eigenvalue weighted by atomic mass is 10.1. The van der Waals surface area contributed by atoms with Crippen LogP contribution in [0.4, 0.5) is 5.13 Å². The van der Waals surface area contributed by atoms with Gasteiger partial charge >= 0.3 is 0 Å². The van der Waals surface area contributed by atoms with Gasteiger partial charge in [0, 0.05) is 19.0 Å². The summed E-state index contributed by atoms with van der Waals surface area (Å²) in [4.78, 5) is 12.5. The maximum atomic E-state index is 12.5. The molecule has 1 aliphatic heterocycles. The van der Waals surface area contributed by atoms with Crippen molar-refractivity contribution in [3.8, 4) is 0 Å². The molecule has 8 heteroatoms. The third-order valence-electron chi connectivity index (χ3n) is 4.19. The van der Waals surface area contributed by atoms with Crippen LogP contribution in [0, 0.1) is 0 Å². The number of anilines is 1. The molecule has 3 aromatic heterocycles. The van der Waals surface area contributed by atoms with E-state index in [2.05, 4.69) is 31.5 Å². The summed E-state index contributed by atoms with van der Waals surface area (Å²) in [6.45, 7) is 0.769. The molecule has 25 heavy (non-hydrogen) atoms. The second-order valence-corrected chi connectivity index (χ2v) is 7.69. The van der Waals surface area contributed by atoms with Crippen molar-refractivity contribution >= 4 is 33.7 Å². The number of aromatic nitrogens is 3.